The summed E-state index contributed by atoms with van der Waals surface area (Å²) in [5.74, 6) is 0. The number of para-hydroxylation sites is 1. The SMILES string of the molecule is C/C=C(C)\C=C/c1ccccc1N. The van der Waals surface area contributed by atoms with Crippen molar-refractivity contribution in [2.24, 2.45) is 0 Å². The fraction of sp³-hybridized carbons (Fsp3) is 0.167. The molecule has 1 heteroatoms. The van der Waals surface area contributed by atoms with Gasteiger partial charge in [-0.3, -0.25) is 0 Å². The van der Waals surface area contributed by atoms with Crippen molar-refractivity contribution in [1.29, 1.82) is 0 Å². The third-order valence-electron chi connectivity index (χ3n) is 1.98. The van der Waals surface area contributed by atoms with Gasteiger partial charge < -0.3 is 5.73 Å². The van der Waals surface area contributed by atoms with E-state index in [4.69, 9.17) is 5.73 Å². The standard InChI is InChI=1S/C12H15N/c1-3-10(2)8-9-11-6-4-5-7-12(11)13/h3-9H,13H2,1-2H3/b9-8-,10-3-. The largest absolute Gasteiger partial charge is 0.398 e. The number of nitrogen functional groups attached to an aromatic ring is 1. The van der Waals surface area contributed by atoms with Crippen LogP contribution in [0.15, 0.2) is 42.0 Å². The molecule has 0 fully saturated rings. The molecule has 1 rings (SSSR count). The molecule has 0 aromatic heterocycles. The van der Waals surface area contributed by atoms with Gasteiger partial charge in [-0.25, -0.2) is 0 Å². The third kappa shape index (κ3) is 2.79. The summed E-state index contributed by atoms with van der Waals surface area (Å²) in [6, 6.07) is 7.84. The molecule has 2 N–H and O–H groups in total. The van der Waals surface area contributed by atoms with E-state index in [9.17, 15) is 0 Å². The lowest BCUT2D eigenvalue weighted by atomic mass is 10.1. The highest BCUT2D eigenvalue weighted by Crippen LogP contribution is 2.13. The van der Waals surface area contributed by atoms with Crippen molar-refractivity contribution in [3.8, 4) is 0 Å². The van der Waals surface area contributed by atoms with E-state index >= 15 is 0 Å². The van der Waals surface area contributed by atoms with Crippen molar-refractivity contribution in [3.63, 3.8) is 0 Å². The third-order valence-corrected chi connectivity index (χ3v) is 1.98. The average molecular weight is 173 g/mol. The number of benzene rings is 1. The number of nitrogens with two attached hydrogens (primary N) is 1. The summed E-state index contributed by atoms with van der Waals surface area (Å²) in [7, 11) is 0. The van der Waals surface area contributed by atoms with Gasteiger partial charge in [0, 0.05) is 5.69 Å². The fourth-order valence-electron chi connectivity index (χ4n) is 0.980. The second kappa shape index (κ2) is 4.51. The van der Waals surface area contributed by atoms with Gasteiger partial charge in [0.05, 0.1) is 0 Å². The Bertz CT molecular complexity index is 335. The summed E-state index contributed by atoms with van der Waals surface area (Å²) in [6.45, 7) is 4.09. The molecular formula is C12H15N. The van der Waals surface area contributed by atoms with Gasteiger partial charge in [-0.15, -0.1) is 0 Å². The molecule has 13 heavy (non-hydrogen) atoms. The lowest BCUT2D eigenvalue weighted by Crippen LogP contribution is -1.87. The Morgan fingerprint density at radius 2 is 2.00 bits per heavy atom. The Hall–Kier alpha value is -1.50. The van der Waals surface area contributed by atoms with E-state index in [-0.39, 0.29) is 0 Å². The molecule has 1 nitrogen and oxygen atoms in total. The van der Waals surface area contributed by atoms with E-state index < -0.39 is 0 Å². The van der Waals surface area contributed by atoms with E-state index in [0.29, 0.717) is 0 Å². The Kier molecular flexibility index (Phi) is 3.32. The van der Waals surface area contributed by atoms with Crippen LogP contribution in [0.1, 0.15) is 19.4 Å². The van der Waals surface area contributed by atoms with Gasteiger partial charge in [-0.05, 0) is 25.5 Å². The second-order valence-corrected chi connectivity index (χ2v) is 2.99. The molecule has 0 bridgehead atoms. The van der Waals surface area contributed by atoms with Crippen molar-refractivity contribution in [3.05, 3.63) is 47.6 Å². The number of anilines is 1. The van der Waals surface area contributed by atoms with Gasteiger partial charge in [-0.2, -0.15) is 0 Å². The minimum absolute atomic E-state index is 0.822. The fourth-order valence-corrected chi connectivity index (χ4v) is 0.980. The van der Waals surface area contributed by atoms with Crippen LogP contribution in [-0.2, 0) is 0 Å². The first-order chi connectivity index (χ1) is 6.24. The quantitative estimate of drug-likeness (QED) is 0.539. The molecule has 0 amide bonds. The number of rotatable bonds is 2. The molecule has 0 unspecified atom stereocenters. The maximum atomic E-state index is 5.78. The smallest absolute Gasteiger partial charge is 0.0387 e. The zero-order chi connectivity index (χ0) is 9.68. The summed E-state index contributed by atoms with van der Waals surface area (Å²) in [6.07, 6.45) is 6.16. The zero-order valence-corrected chi connectivity index (χ0v) is 8.12. The van der Waals surface area contributed by atoms with Gasteiger partial charge in [0.25, 0.3) is 0 Å². The Morgan fingerprint density at radius 1 is 1.31 bits per heavy atom. The summed E-state index contributed by atoms with van der Waals surface area (Å²) in [5, 5.41) is 0. The van der Waals surface area contributed by atoms with Crippen molar-refractivity contribution < 1.29 is 0 Å². The second-order valence-electron chi connectivity index (χ2n) is 2.99. The Labute approximate surface area is 79.6 Å². The van der Waals surface area contributed by atoms with Crippen LogP contribution in [0.5, 0.6) is 0 Å². The molecule has 0 aliphatic carbocycles. The van der Waals surface area contributed by atoms with Crippen LogP contribution in [0.4, 0.5) is 5.69 Å². The molecule has 0 atom stereocenters. The molecule has 1 aromatic rings. The van der Waals surface area contributed by atoms with Crippen molar-refractivity contribution >= 4 is 11.8 Å². The zero-order valence-electron chi connectivity index (χ0n) is 8.12. The Balaban J connectivity index is 2.86. The highest BCUT2D eigenvalue weighted by Gasteiger charge is 1.90. The predicted octanol–water partition coefficient (Wildman–Crippen LogP) is 3.25. The summed E-state index contributed by atoms with van der Waals surface area (Å²) in [4.78, 5) is 0. The maximum absolute atomic E-state index is 5.78. The van der Waals surface area contributed by atoms with E-state index in [1.165, 1.54) is 5.57 Å². The number of hydrogen-bond acceptors (Lipinski definition) is 1. The average Bonchev–Trinajstić information content (AvgIpc) is 2.16. The van der Waals surface area contributed by atoms with E-state index in [1.54, 1.807) is 0 Å². The normalized spacial score (nSPS) is 12.3. The van der Waals surface area contributed by atoms with Gasteiger partial charge in [0.2, 0.25) is 0 Å². The van der Waals surface area contributed by atoms with Gasteiger partial charge >= 0.3 is 0 Å². The minimum Gasteiger partial charge on any atom is -0.398 e. The molecule has 1 aromatic carbocycles. The van der Waals surface area contributed by atoms with Crippen LogP contribution in [0, 0.1) is 0 Å². The van der Waals surface area contributed by atoms with E-state index in [2.05, 4.69) is 19.1 Å². The molecule has 68 valence electrons. The first kappa shape index (κ1) is 9.59. The summed E-state index contributed by atoms with van der Waals surface area (Å²) in [5.41, 5.74) is 8.91. The van der Waals surface area contributed by atoms with Crippen LogP contribution >= 0.6 is 0 Å². The number of hydrogen-bond donors (Lipinski definition) is 1. The van der Waals surface area contributed by atoms with Crippen molar-refractivity contribution in [1.82, 2.24) is 0 Å². The van der Waals surface area contributed by atoms with Gasteiger partial charge in [-0.1, -0.05) is 42.0 Å². The van der Waals surface area contributed by atoms with Gasteiger partial charge in [0.15, 0.2) is 0 Å². The molecule has 0 radical (unpaired) electrons. The lowest BCUT2D eigenvalue weighted by Gasteiger charge is -1.98. The number of allylic oxidation sites excluding steroid dienone is 3. The van der Waals surface area contributed by atoms with E-state index in [0.717, 1.165) is 11.3 Å². The van der Waals surface area contributed by atoms with Gasteiger partial charge in [0.1, 0.15) is 0 Å². The lowest BCUT2D eigenvalue weighted by molar-refractivity contribution is 1.48. The van der Waals surface area contributed by atoms with Crippen LogP contribution in [-0.4, -0.2) is 0 Å². The molecule has 0 aliphatic heterocycles. The molecule has 0 saturated heterocycles. The predicted molar refractivity (Wildman–Crippen MR) is 59.3 cm³/mol. The van der Waals surface area contributed by atoms with Crippen LogP contribution in [0.25, 0.3) is 6.08 Å². The van der Waals surface area contributed by atoms with Crippen molar-refractivity contribution in [2.45, 2.75) is 13.8 Å². The molecular weight excluding hydrogens is 158 g/mol. The van der Waals surface area contributed by atoms with Crippen LogP contribution in [0.3, 0.4) is 0 Å². The summed E-state index contributed by atoms with van der Waals surface area (Å²) >= 11 is 0. The highest BCUT2D eigenvalue weighted by molar-refractivity contribution is 5.65. The highest BCUT2D eigenvalue weighted by atomic mass is 14.5. The molecule has 0 spiro atoms. The first-order valence-corrected chi connectivity index (χ1v) is 4.39. The molecule has 0 aliphatic rings. The first-order valence-electron chi connectivity index (χ1n) is 4.39. The molecule has 0 saturated carbocycles. The van der Waals surface area contributed by atoms with Crippen molar-refractivity contribution in [2.75, 3.05) is 5.73 Å². The monoisotopic (exact) mass is 173 g/mol. The maximum Gasteiger partial charge on any atom is 0.0387 e. The van der Waals surface area contributed by atoms with Crippen LogP contribution < -0.4 is 5.73 Å². The van der Waals surface area contributed by atoms with Crippen LogP contribution in [0.2, 0.25) is 0 Å². The molecule has 0 heterocycles. The summed E-state index contributed by atoms with van der Waals surface area (Å²) < 4.78 is 0. The topological polar surface area (TPSA) is 26.0 Å². The van der Waals surface area contributed by atoms with E-state index in [1.807, 2.05) is 37.3 Å². The minimum atomic E-state index is 0.822. The Morgan fingerprint density at radius 3 is 2.62 bits per heavy atom.